The number of carbonyl (C=O) groups is 7. The number of rotatable bonds is 15. The predicted molar refractivity (Wildman–Crippen MR) is 266 cm³/mol. The van der Waals surface area contributed by atoms with E-state index in [1.54, 1.807) is 24.3 Å². The summed E-state index contributed by atoms with van der Waals surface area (Å²) < 4.78 is 33.9. The van der Waals surface area contributed by atoms with E-state index >= 15 is 0 Å². The van der Waals surface area contributed by atoms with Crippen molar-refractivity contribution in [2.75, 3.05) is 4.93 Å². The van der Waals surface area contributed by atoms with Crippen molar-refractivity contribution in [1.82, 2.24) is 5.32 Å². The minimum atomic E-state index is -1.54. The van der Waals surface area contributed by atoms with E-state index in [2.05, 4.69) is 65.6 Å². The summed E-state index contributed by atoms with van der Waals surface area (Å²) in [6.07, 6.45) is 11.5. The first-order valence-corrected chi connectivity index (χ1v) is 23.9. The van der Waals surface area contributed by atoms with E-state index in [0.29, 0.717) is 24.8 Å². The third-order valence-electron chi connectivity index (χ3n) is 5.68. The van der Waals surface area contributed by atoms with Gasteiger partial charge in [0.25, 0.3) is 5.97 Å². The van der Waals surface area contributed by atoms with Crippen molar-refractivity contribution in [3.63, 3.8) is 0 Å². The number of aliphatic carboxylic acids is 3. The molecule has 0 aliphatic rings. The summed E-state index contributed by atoms with van der Waals surface area (Å²) in [5.74, 6) is 10.5. The third kappa shape index (κ3) is 52.6. The molecule has 0 aliphatic heterocycles. The molecule has 2 aromatic carbocycles. The topological polar surface area (TPSA) is 273 Å². The number of amides is 1. The predicted octanol–water partition coefficient (Wildman–Crippen LogP) is 6.58. The van der Waals surface area contributed by atoms with Gasteiger partial charge in [0.15, 0.2) is 24.4 Å². The van der Waals surface area contributed by atoms with Crippen molar-refractivity contribution < 1.29 is 85.1 Å². The summed E-state index contributed by atoms with van der Waals surface area (Å²) in [6, 6.07) is 11.8. The first kappa shape index (κ1) is 55.7. The molecule has 0 aliphatic carbocycles. The van der Waals surface area contributed by atoms with E-state index in [-0.39, 0.29) is 81.4 Å². The van der Waals surface area contributed by atoms with Gasteiger partial charge in [0.2, 0.25) is 5.91 Å². The van der Waals surface area contributed by atoms with Gasteiger partial charge in [-0.05, 0) is 72.4 Å². The number of terminal acetylenes is 1. The fourth-order valence-corrected chi connectivity index (χ4v) is 3.46. The largest absolute Gasteiger partial charge is 0.351 e. The van der Waals surface area contributed by atoms with E-state index in [1.807, 2.05) is 4.93 Å². The summed E-state index contributed by atoms with van der Waals surface area (Å²) in [4.78, 5) is 73.6. The standard InChI is InChI=1S/C26H19NO5.C8H14O4.C2H4O2.C2H2O2.CH6IP.CH4.H2O.HPS.10H2/c1-2-3-4-5-6-7-18-32-26(31)24(19-21-10-15-23(29)16-11-21)27-25(30)17-12-20-8-13-22(28)14-9-20;9-7(10)5-3-1-2-4-6-8(11)12;1-2(3)4;3-1-2-4;1-2-3;;;1-2;;;;;;;;;;/h1,8-11,13-16,24,28-29H,12,17,19H2,(H,27,30);1-6H2,(H,9,10)(H,11,12);1H3,(H,3,4);1-2H;2H,3H2,1H3;1H4;1H2;1H;10*1H/p+1/i;;;;2D;;;1T;1+2D;;;;;;;;;/hD. The number of aryl methyl sites for hydroxylation is 1. The Morgan fingerprint density at radius 3 is 1.75 bits per heavy atom. The average Bonchev–Trinajstić information content (AvgIpc) is 3.19. The smallest absolute Gasteiger partial charge is 0 e. The van der Waals surface area contributed by atoms with Gasteiger partial charge < -0.3 is 41.1 Å². The van der Waals surface area contributed by atoms with Gasteiger partial charge in [-0.3, -0.25) is 28.8 Å². The van der Waals surface area contributed by atoms with Crippen LogP contribution in [-0.2, 0) is 62.9 Å². The molecule has 344 valence electrons. The first-order valence-electron chi connectivity index (χ1n) is 18.3. The fraction of sp³-hybridized carbons (Fsp3) is 0.325. The molecule has 0 radical (unpaired) electrons. The first-order chi connectivity index (χ1) is 29.2. The molecule has 2 aromatic rings. The molecular weight excluding hydrogens is 939 g/mol. The number of aldehydes is 2. The molecule has 0 fully saturated rings. The summed E-state index contributed by atoms with van der Waals surface area (Å²) in [5.41, 5.74) is 1.58. The molecule has 3 unspecified atom stereocenters. The molecule has 1 amide bonds. The van der Waals surface area contributed by atoms with Crippen LogP contribution in [0.5, 0.6) is 11.5 Å². The number of halogens is 1. The van der Waals surface area contributed by atoms with Crippen LogP contribution in [-0.4, -0.2) is 87.5 Å². The fourth-order valence-electron chi connectivity index (χ4n) is 3.46. The normalized spacial score (nSPS) is 9.76. The molecule has 0 saturated carbocycles. The van der Waals surface area contributed by atoms with Gasteiger partial charge in [-0.2, -0.15) is 0 Å². The van der Waals surface area contributed by atoms with Crippen LogP contribution >= 0.6 is 35.2 Å². The number of benzene rings is 2. The van der Waals surface area contributed by atoms with Crippen molar-refractivity contribution >= 4 is 89.4 Å². The zero-order valence-corrected chi connectivity index (χ0v) is 36.6. The Kier molecular flexibility index (Phi) is 46.0. The van der Waals surface area contributed by atoms with Crippen molar-refractivity contribution in [2.45, 2.75) is 78.2 Å². The second-order valence-corrected chi connectivity index (χ2v) is 14.3. The summed E-state index contributed by atoms with van der Waals surface area (Å²) in [7, 11) is -1.54. The van der Waals surface area contributed by atoms with Crippen LogP contribution in [0, 0.1) is 48.1 Å². The van der Waals surface area contributed by atoms with Crippen LogP contribution in [0.25, 0.3) is 0 Å². The second kappa shape index (κ2) is 48.8. The SMILES string of the molecule is C.C#CC#CC#CC#COC(=O)C(Cc1ccc(O)cc1)NC(=O)CCc1ccc(O)cc1.CC(=O)O.O.O=C(O)CCCCCCC(=O)O.O=CC=O.[2H]I(C)P.[2H][3H].[2H][P+]([3H])=S.[HH].[HH].[HH].[HH].[HH].[HH].[HH].[HH].[HH]. The quantitative estimate of drug-likeness (QED) is 0.0161. The molecule has 0 aromatic heterocycles. The number of alkyl halides is 1. The zero-order chi connectivity index (χ0) is 48.7. The van der Waals surface area contributed by atoms with Gasteiger partial charge in [-0.25, -0.2) is 4.79 Å². The number of unbranched alkanes of at least 4 members (excludes halogenated alkanes) is 3. The number of nitrogens with one attached hydrogen (secondary N) is 1. The number of ether oxygens (including phenoxy) is 1. The summed E-state index contributed by atoms with van der Waals surface area (Å²) >= 11 is 2.92. The maximum Gasteiger partial charge on any atom is 0.351 e. The molecule has 3 atom stereocenters. The molecule has 0 spiro atoms. The Labute approximate surface area is 384 Å². The number of hydrogen-bond donors (Lipinski definition) is 6. The maximum atomic E-state index is 12.5. The second-order valence-electron chi connectivity index (χ2n) is 10.2. The molecule has 0 bridgehead atoms. The minimum Gasteiger partial charge on any atom is 0 e. The van der Waals surface area contributed by atoms with Gasteiger partial charge >= 0.3 is 53.3 Å². The van der Waals surface area contributed by atoms with Gasteiger partial charge in [0.1, 0.15) is 31.6 Å². The molecule has 19 heteroatoms. The van der Waals surface area contributed by atoms with Crippen LogP contribution in [0.3, 0.4) is 0 Å². The molecule has 2 rings (SSSR count). The number of esters is 1. The number of hydrogen-bond acceptors (Lipinski definition) is 11. The van der Waals surface area contributed by atoms with Crippen molar-refractivity contribution in [2.24, 2.45) is 0 Å². The van der Waals surface area contributed by atoms with Crippen LogP contribution in [0.15, 0.2) is 48.5 Å². The van der Waals surface area contributed by atoms with Crippen LogP contribution in [0.1, 0.15) is 86.2 Å². The van der Waals surface area contributed by atoms with Crippen LogP contribution in [0.4, 0.5) is 0 Å². The van der Waals surface area contributed by atoms with E-state index in [0.717, 1.165) is 25.3 Å². The number of carbonyl (C=O) groups excluding carboxylic acids is 4. The zero-order valence-electron chi connectivity index (χ0n) is 36.6. The van der Waals surface area contributed by atoms with E-state index < -0.39 is 58.3 Å². The Balaban J connectivity index is -0.0000000478. The van der Waals surface area contributed by atoms with Gasteiger partial charge in [-0.15, -0.1) is 6.42 Å². The average molecular weight is 1020 g/mol. The Bertz CT molecular complexity index is 1850. The number of carboxylic acid groups (broad SMARTS) is 3. The molecule has 0 saturated heterocycles. The molecule has 59 heavy (non-hydrogen) atoms. The monoisotopic (exact) mass is 1020 g/mol. The van der Waals surface area contributed by atoms with Gasteiger partial charge in [0.05, 0.1) is 0 Å². The Hall–Kier alpha value is -5.39. The summed E-state index contributed by atoms with van der Waals surface area (Å²) in [6.45, 7) is 3.56. The van der Waals surface area contributed by atoms with Crippen LogP contribution < -0.4 is 5.32 Å². The minimum absolute atomic E-state index is 0. The van der Waals surface area contributed by atoms with Gasteiger partial charge in [0, 0.05) is 66.2 Å². The van der Waals surface area contributed by atoms with Crippen molar-refractivity contribution in [1.29, 1.82) is 3.15 Å². The molecule has 15 nitrogen and oxygen atoms in total. The van der Waals surface area contributed by atoms with E-state index in [4.69, 9.17) is 47.0 Å². The van der Waals surface area contributed by atoms with Gasteiger partial charge in [-0.1, -0.05) is 44.5 Å². The summed E-state index contributed by atoms with van der Waals surface area (Å²) in [5, 5.41) is 45.4. The molecule has 8 N–H and O–H groups in total. The molecular formula is C40H73INO14P2S+. The third-order valence-corrected chi connectivity index (χ3v) is 5.68. The van der Waals surface area contributed by atoms with Crippen LogP contribution in [0.2, 0.25) is 0 Å². The van der Waals surface area contributed by atoms with Crippen molar-refractivity contribution in [3.05, 3.63) is 59.7 Å². The van der Waals surface area contributed by atoms with E-state index in [1.165, 1.54) is 24.3 Å². The Morgan fingerprint density at radius 2 is 1.36 bits per heavy atom. The Morgan fingerprint density at radius 1 is 0.966 bits per heavy atom. The number of phenolic OH excluding ortho intramolecular Hbond substituents is 2. The number of aromatic hydroxyl groups is 2. The molecule has 0 heterocycles. The maximum absolute atomic E-state index is 12.5. The number of phenols is 2. The number of carboxylic acids is 3. The van der Waals surface area contributed by atoms with E-state index in [9.17, 15) is 29.4 Å². The van der Waals surface area contributed by atoms with Crippen molar-refractivity contribution in [3.8, 4) is 59.6 Å².